The van der Waals surface area contributed by atoms with E-state index >= 15 is 0 Å². The molecule has 2 aromatic carbocycles. The average molecular weight is 320 g/mol. The van der Waals surface area contributed by atoms with E-state index in [1.54, 1.807) is 0 Å². The van der Waals surface area contributed by atoms with Gasteiger partial charge in [-0.3, -0.25) is 14.7 Å². The first-order chi connectivity index (χ1) is 11.6. The molecular formula is C17H16N6O. The van der Waals surface area contributed by atoms with E-state index in [-0.39, 0.29) is 12.1 Å². The molecule has 3 aromatic rings. The molecule has 4 rings (SSSR count). The molecule has 7 nitrogen and oxygen atoms in total. The number of aliphatic imine (C=N–C) groups is 1. The second kappa shape index (κ2) is 5.38. The highest BCUT2D eigenvalue weighted by Gasteiger charge is 2.24. The molecule has 24 heavy (non-hydrogen) atoms. The van der Waals surface area contributed by atoms with Crippen LogP contribution in [0.15, 0.2) is 53.5 Å². The summed E-state index contributed by atoms with van der Waals surface area (Å²) in [6.07, 6.45) is -0.306. The number of aromatic nitrogens is 2. The fourth-order valence-corrected chi connectivity index (χ4v) is 2.88. The number of carbonyl (C=O) groups is 1. The van der Waals surface area contributed by atoms with Crippen LogP contribution in [0.25, 0.3) is 11.0 Å². The van der Waals surface area contributed by atoms with Gasteiger partial charge in [0.1, 0.15) is 0 Å². The SMILES string of the molecule is CC(=O)Nc1ccc(C2N=C(N)Nc3nc4ccccc4n32)cc1. The number of rotatable bonds is 2. The third kappa shape index (κ3) is 2.36. The molecular weight excluding hydrogens is 304 g/mol. The maximum Gasteiger partial charge on any atom is 0.221 e. The van der Waals surface area contributed by atoms with Crippen molar-refractivity contribution in [3.8, 4) is 0 Å². The molecule has 0 saturated heterocycles. The van der Waals surface area contributed by atoms with Gasteiger partial charge in [0, 0.05) is 12.6 Å². The van der Waals surface area contributed by atoms with Crippen LogP contribution >= 0.6 is 0 Å². The molecule has 0 saturated carbocycles. The zero-order valence-electron chi connectivity index (χ0n) is 13.0. The predicted octanol–water partition coefficient (Wildman–Crippen LogP) is 2.28. The number of nitrogens with zero attached hydrogens (tertiary/aromatic N) is 3. The van der Waals surface area contributed by atoms with Gasteiger partial charge >= 0.3 is 0 Å². The van der Waals surface area contributed by atoms with Gasteiger partial charge in [-0.15, -0.1) is 0 Å². The Morgan fingerprint density at radius 3 is 2.71 bits per heavy atom. The molecule has 0 radical (unpaired) electrons. The third-order valence-electron chi connectivity index (χ3n) is 3.87. The number of guanidine groups is 1. The van der Waals surface area contributed by atoms with Crippen molar-refractivity contribution in [1.29, 1.82) is 0 Å². The van der Waals surface area contributed by atoms with Crippen LogP contribution < -0.4 is 16.4 Å². The zero-order chi connectivity index (χ0) is 16.7. The Hall–Kier alpha value is -3.35. The van der Waals surface area contributed by atoms with Crippen molar-refractivity contribution in [2.45, 2.75) is 13.1 Å². The Labute approximate surface area is 138 Å². The average Bonchev–Trinajstić information content (AvgIpc) is 2.92. The second-order valence-electron chi connectivity index (χ2n) is 5.61. The molecule has 120 valence electrons. The van der Waals surface area contributed by atoms with Gasteiger partial charge in [-0.2, -0.15) is 0 Å². The summed E-state index contributed by atoms with van der Waals surface area (Å²) in [6.45, 7) is 1.48. The lowest BCUT2D eigenvalue weighted by Gasteiger charge is -2.24. The van der Waals surface area contributed by atoms with E-state index in [0.29, 0.717) is 11.9 Å². The molecule has 0 fully saturated rings. The van der Waals surface area contributed by atoms with Crippen molar-refractivity contribution in [3.63, 3.8) is 0 Å². The van der Waals surface area contributed by atoms with Crippen molar-refractivity contribution in [3.05, 3.63) is 54.1 Å². The lowest BCUT2D eigenvalue weighted by Crippen LogP contribution is -2.31. The minimum Gasteiger partial charge on any atom is -0.370 e. The standard InChI is InChI=1S/C17H16N6O/c1-10(24)19-12-8-6-11(7-9-12)15-21-16(18)22-17-20-13-4-2-3-5-14(13)23(15)17/h2-9,15H,1H3,(H,19,24)(H3,18,20,21,22). The number of benzene rings is 2. The fraction of sp³-hybridized carbons (Fsp3) is 0.118. The highest BCUT2D eigenvalue weighted by Crippen LogP contribution is 2.32. The number of nitrogens with one attached hydrogen (secondary N) is 2. The first-order valence-corrected chi connectivity index (χ1v) is 7.56. The number of para-hydroxylation sites is 2. The molecule has 1 atom stereocenters. The van der Waals surface area contributed by atoms with Gasteiger partial charge in [0.2, 0.25) is 11.9 Å². The van der Waals surface area contributed by atoms with Gasteiger partial charge in [0.15, 0.2) is 12.1 Å². The number of nitrogens with two attached hydrogens (primary N) is 1. The molecule has 1 aliphatic rings. The summed E-state index contributed by atoms with van der Waals surface area (Å²) >= 11 is 0. The fourth-order valence-electron chi connectivity index (χ4n) is 2.88. The summed E-state index contributed by atoms with van der Waals surface area (Å²) in [5.74, 6) is 0.892. The Balaban J connectivity index is 1.80. The van der Waals surface area contributed by atoms with Crippen LogP contribution in [0.3, 0.4) is 0 Å². The van der Waals surface area contributed by atoms with Gasteiger partial charge in [-0.25, -0.2) is 9.98 Å². The smallest absolute Gasteiger partial charge is 0.221 e. The first-order valence-electron chi connectivity index (χ1n) is 7.56. The van der Waals surface area contributed by atoms with Gasteiger partial charge in [-0.05, 0) is 29.8 Å². The van der Waals surface area contributed by atoms with Crippen LogP contribution in [0.2, 0.25) is 0 Å². The first kappa shape index (κ1) is 14.3. The molecule has 2 heterocycles. The van der Waals surface area contributed by atoms with E-state index in [0.717, 1.165) is 22.3 Å². The molecule has 1 unspecified atom stereocenters. The van der Waals surface area contributed by atoms with Gasteiger partial charge in [0.05, 0.1) is 11.0 Å². The van der Waals surface area contributed by atoms with E-state index in [4.69, 9.17) is 5.73 Å². The number of fused-ring (bicyclic) bond motifs is 3. The van der Waals surface area contributed by atoms with Crippen molar-refractivity contribution in [2.24, 2.45) is 10.7 Å². The van der Waals surface area contributed by atoms with Crippen LogP contribution in [0.1, 0.15) is 18.7 Å². The van der Waals surface area contributed by atoms with E-state index in [1.165, 1.54) is 6.92 Å². The van der Waals surface area contributed by atoms with E-state index in [2.05, 4.69) is 20.6 Å². The lowest BCUT2D eigenvalue weighted by molar-refractivity contribution is -0.114. The number of amides is 1. The maximum absolute atomic E-state index is 11.1. The summed E-state index contributed by atoms with van der Waals surface area (Å²) in [4.78, 5) is 20.2. The molecule has 7 heteroatoms. The largest absolute Gasteiger partial charge is 0.370 e. The molecule has 1 aliphatic heterocycles. The molecule has 0 aliphatic carbocycles. The summed E-state index contributed by atoms with van der Waals surface area (Å²) in [6, 6.07) is 15.4. The minimum atomic E-state index is -0.306. The normalized spacial score (nSPS) is 16.2. The van der Waals surface area contributed by atoms with Crippen LogP contribution in [-0.4, -0.2) is 21.4 Å². The van der Waals surface area contributed by atoms with Crippen molar-refractivity contribution >= 4 is 34.5 Å². The van der Waals surface area contributed by atoms with Crippen LogP contribution in [0.5, 0.6) is 0 Å². The molecule has 1 aromatic heterocycles. The van der Waals surface area contributed by atoms with Crippen LogP contribution in [0.4, 0.5) is 11.6 Å². The number of carbonyl (C=O) groups excluding carboxylic acids is 1. The van der Waals surface area contributed by atoms with Crippen LogP contribution in [-0.2, 0) is 4.79 Å². The molecule has 4 N–H and O–H groups in total. The van der Waals surface area contributed by atoms with Crippen molar-refractivity contribution in [1.82, 2.24) is 9.55 Å². The van der Waals surface area contributed by atoms with Gasteiger partial charge in [0.25, 0.3) is 0 Å². The van der Waals surface area contributed by atoms with E-state index < -0.39 is 0 Å². The highest BCUT2D eigenvalue weighted by atomic mass is 16.1. The second-order valence-corrected chi connectivity index (χ2v) is 5.61. The van der Waals surface area contributed by atoms with E-state index in [1.807, 2.05) is 53.1 Å². The Morgan fingerprint density at radius 1 is 1.21 bits per heavy atom. The van der Waals surface area contributed by atoms with Crippen molar-refractivity contribution < 1.29 is 4.79 Å². The van der Waals surface area contributed by atoms with Gasteiger partial charge < -0.3 is 11.1 Å². The summed E-state index contributed by atoms with van der Waals surface area (Å²) in [5, 5.41) is 5.77. The Kier molecular flexibility index (Phi) is 3.19. The number of hydrogen-bond donors (Lipinski definition) is 3. The number of hydrogen-bond acceptors (Lipinski definition) is 5. The number of imidazole rings is 1. The molecule has 1 amide bonds. The third-order valence-corrected chi connectivity index (χ3v) is 3.87. The van der Waals surface area contributed by atoms with Gasteiger partial charge in [-0.1, -0.05) is 24.3 Å². The maximum atomic E-state index is 11.1. The van der Waals surface area contributed by atoms with E-state index in [9.17, 15) is 4.79 Å². The number of anilines is 2. The predicted molar refractivity (Wildman–Crippen MR) is 93.9 cm³/mol. The Bertz CT molecular complexity index is 957. The topological polar surface area (TPSA) is 97.3 Å². The highest BCUT2D eigenvalue weighted by molar-refractivity contribution is 5.94. The molecule has 0 bridgehead atoms. The summed E-state index contributed by atoms with van der Waals surface area (Å²) in [7, 11) is 0. The lowest BCUT2D eigenvalue weighted by atomic mass is 10.1. The summed E-state index contributed by atoms with van der Waals surface area (Å²) in [5.41, 5.74) is 9.48. The minimum absolute atomic E-state index is 0.102. The Morgan fingerprint density at radius 2 is 1.96 bits per heavy atom. The van der Waals surface area contributed by atoms with Crippen LogP contribution in [0, 0.1) is 0 Å². The van der Waals surface area contributed by atoms with Crippen molar-refractivity contribution in [2.75, 3.05) is 10.6 Å². The summed E-state index contributed by atoms with van der Waals surface area (Å²) < 4.78 is 2.01. The quantitative estimate of drug-likeness (QED) is 0.675. The monoisotopic (exact) mass is 320 g/mol. The zero-order valence-corrected chi connectivity index (χ0v) is 13.0. The molecule has 0 spiro atoms.